The zero-order valence-corrected chi connectivity index (χ0v) is 9.92. The van der Waals surface area contributed by atoms with Crippen LogP contribution in [0.5, 0.6) is 5.75 Å². The van der Waals surface area contributed by atoms with Crippen LogP contribution in [0.2, 0.25) is 0 Å². The van der Waals surface area contributed by atoms with Crippen molar-refractivity contribution in [3.8, 4) is 5.75 Å². The third kappa shape index (κ3) is 2.77. The molecule has 82 valence electrons. The number of anilines is 1. The fourth-order valence-corrected chi connectivity index (χ4v) is 2.05. The Hall–Kier alpha value is -0.920. The topological polar surface area (TPSA) is 52.3 Å². The average Bonchev–Trinajstić information content (AvgIpc) is 2.11. The molecule has 0 aliphatic rings. The Labute approximate surface area is 98.7 Å². The van der Waals surface area contributed by atoms with Crippen LogP contribution in [0, 0.1) is 3.57 Å². The van der Waals surface area contributed by atoms with Crippen molar-refractivity contribution in [3.05, 3.63) is 21.3 Å². The van der Waals surface area contributed by atoms with Crippen LogP contribution in [-0.4, -0.2) is 12.4 Å². The summed E-state index contributed by atoms with van der Waals surface area (Å²) in [6.45, 7) is -1.61. The molecule has 0 amide bonds. The van der Waals surface area contributed by atoms with Crippen LogP contribution in [-0.2, 0) is 0 Å². The van der Waals surface area contributed by atoms with Crippen molar-refractivity contribution in [1.82, 2.24) is 0 Å². The number of carbonyl (C=O) groups excluding carboxylic acids is 1. The smallest absolute Gasteiger partial charge is 0.387 e. The second-order valence-electron chi connectivity index (χ2n) is 2.78. The zero-order chi connectivity index (χ0) is 11.6. The van der Waals surface area contributed by atoms with E-state index in [0.29, 0.717) is 9.13 Å². The van der Waals surface area contributed by atoms with E-state index in [2.05, 4.69) is 4.74 Å². The lowest BCUT2D eigenvalue weighted by Gasteiger charge is -2.11. The summed E-state index contributed by atoms with van der Waals surface area (Å²) in [5, 5.41) is 0. The van der Waals surface area contributed by atoms with Crippen LogP contribution in [0.1, 0.15) is 17.3 Å². The van der Waals surface area contributed by atoms with E-state index in [1.54, 1.807) is 22.6 Å². The van der Waals surface area contributed by atoms with Gasteiger partial charge >= 0.3 is 6.61 Å². The lowest BCUT2D eigenvalue weighted by Crippen LogP contribution is -2.08. The maximum absolute atomic E-state index is 12.0. The molecule has 0 saturated heterocycles. The molecule has 0 saturated carbocycles. The number of nitrogens with two attached hydrogens (primary N) is 1. The van der Waals surface area contributed by atoms with Crippen molar-refractivity contribution < 1.29 is 18.3 Å². The largest absolute Gasteiger partial charge is 0.431 e. The van der Waals surface area contributed by atoms with E-state index >= 15 is 0 Å². The second-order valence-corrected chi connectivity index (χ2v) is 3.86. The first-order valence-electron chi connectivity index (χ1n) is 3.97. The van der Waals surface area contributed by atoms with Gasteiger partial charge in [0.1, 0.15) is 0 Å². The third-order valence-corrected chi connectivity index (χ3v) is 2.78. The number of alkyl halides is 2. The van der Waals surface area contributed by atoms with Gasteiger partial charge in [-0.25, -0.2) is 0 Å². The van der Waals surface area contributed by atoms with Gasteiger partial charge in [0.05, 0.1) is 9.26 Å². The molecular weight excluding hydrogens is 319 g/mol. The van der Waals surface area contributed by atoms with Gasteiger partial charge in [0.25, 0.3) is 0 Å². The highest BCUT2D eigenvalue weighted by atomic mass is 127. The van der Waals surface area contributed by atoms with Crippen molar-refractivity contribution in [1.29, 1.82) is 0 Å². The molecule has 0 spiro atoms. The number of hydrogen-bond acceptors (Lipinski definition) is 3. The Morgan fingerprint density at radius 1 is 1.53 bits per heavy atom. The highest BCUT2D eigenvalue weighted by molar-refractivity contribution is 14.1. The molecule has 0 unspecified atom stereocenters. The van der Waals surface area contributed by atoms with E-state index in [1.165, 1.54) is 19.1 Å². The predicted molar refractivity (Wildman–Crippen MR) is 60.2 cm³/mol. The maximum Gasteiger partial charge on any atom is 0.387 e. The molecule has 0 aromatic heterocycles. The first kappa shape index (κ1) is 12.2. The minimum absolute atomic E-state index is 0.0877. The van der Waals surface area contributed by atoms with Gasteiger partial charge < -0.3 is 10.5 Å². The van der Waals surface area contributed by atoms with Gasteiger partial charge in [0, 0.05) is 5.56 Å². The molecule has 6 heteroatoms. The zero-order valence-electron chi connectivity index (χ0n) is 7.76. The lowest BCUT2D eigenvalue weighted by atomic mass is 10.1. The summed E-state index contributed by atoms with van der Waals surface area (Å²) < 4.78 is 28.6. The van der Waals surface area contributed by atoms with Gasteiger partial charge in [-0.3, -0.25) is 4.79 Å². The molecule has 0 heterocycles. The number of Topliss-reactive ketones (excluding diaryl/α,β-unsaturated/α-hetero) is 1. The van der Waals surface area contributed by atoms with Crippen molar-refractivity contribution in [3.63, 3.8) is 0 Å². The first-order valence-corrected chi connectivity index (χ1v) is 5.05. The van der Waals surface area contributed by atoms with Crippen LogP contribution in [0.15, 0.2) is 12.1 Å². The molecule has 0 aliphatic carbocycles. The molecule has 0 bridgehead atoms. The molecule has 15 heavy (non-hydrogen) atoms. The Bertz CT molecular complexity index is 396. The Morgan fingerprint density at radius 3 is 2.60 bits per heavy atom. The monoisotopic (exact) mass is 327 g/mol. The quantitative estimate of drug-likeness (QED) is 0.528. The summed E-state index contributed by atoms with van der Waals surface area (Å²) >= 11 is 1.76. The predicted octanol–water partition coefficient (Wildman–Crippen LogP) is 2.68. The summed E-state index contributed by atoms with van der Waals surface area (Å²) in [4.78, 5) is 11.1. The molecule has 0 aliphatic heterocycles. The van der Waals surface area contributed by atoms with Crippen molar-refractivity contribution in [2.45, 2.75) is 13.5 Å². The minimum Gasteiger partial charge on any atom is -0.431 e. The van der Waals surface area contributed by atoms with Crippen LogP contribution in [0.25, 0.3) is 0 Å². The molecule has 0 radical (unpaired) electrons. The highest BCUT2D eigenvalue weighted by Gasteiger charge is 2.16. The van der Waals surface area contributed by atoms with Crippen molar-refractivity contribution in [2.75, 3.05) is 5.73 Å². The lowest BCUT2D eigenvalue weighted by molar-refractivity contribution is -0.0499. The summed E-state index contributed by atoms with van der Waals surface area (Å²) in [6.07, 6.45) is 0. The van der Waals surface area contributed by atoms with Crippen LogP contribution in [0.4, 0.5) is 14.5 Å². The van der Waals surface area contributed by atoms with Crippen LogP contribution < -0.4 is 10.5 Å². The normalized spacial score (nSPS) is 10.5. The van der Waals surface area contributed by atoms with Gasteiger partial charge in [0.15, 0.2) is 11.5 Å². The number of benzene rings is 1. The number of hydrogen-bond donors (Lipinski definition) is 1. The molecule has 3 nitrogen and oxygen atoms in total. The number of rotatable bonds is 3. The first-order chi connectivity index (χ1) is 6.93. The van der Waals surface area contributed by atoms with E-state index in [-0.39, 0.29) is 17.2 Å². The number of ether oxygens (including phenoxy) is 1. The average molecular weight is 327 g/mol. The maximum atomic E-state index is 12.0. The number of halogens is 3. The van der Waals surface area contributed by atoms with Crippen molar-refractivity contribution in [2.24, 2.45) is 0 Å². The number of nitrogen functional groups attached to an aromatic ring is 1. The minimum atomic E-state index is -2.96. The van der Waals surface area contributed by atoms with Gasteiger partial charge in [-0.05, 0) is 41.6 Å². The fraction of sp³-hybridized carbons (Fsp3) is 0.222. The molecule has 1 rings (SSSR count). The molecule has 0 fully saturated rings. The van der Waals surface area contributed by atoms with E-state index in [4.69, 9.17) is 5.73 Å². The summed E-state index contributed by atoms with van der Waals surface area (Å²) in [5.41, 5.74) is 5.87. The van der Waals surface area contributed by atoms with E-state index < -0.39 is 6.61 Å². The summed E-state index contributed by atoms with van der Waals surface area (Å²) in [7, 11) is 0. The summed E-state index contributed by atoms with van der Waals surface area (Å²) in [6, 6.07) is 2.86. The molecular formula is C9H8F2INO2. The van der Waals surface area contributed by atoms with Crippen molar-refractivity contribution >= 4 is 34.1 Å². The Balaban J connectivity index is 3.24. The molecule has 2 N–H and O–H groups in total. The van der Waals surface area contributed by atoms with Gasteiger partial charge in [-0.1, -0.05) is 0 Å². The molecule has 0 atom stereocenters. The highest BCUT2D eigenvalue weighted by Crippen LogP contribution is 2.32. The van der Waals surface area contributed by atoms with Crippen LogP contribution >= 0.6 is 22.6 Å². The standard InChI is InChI=1S/C9H8F2INO2/c1-4(14)5-2-3-6(13)8(7(5)12)15-9(10)11/h2-3,9H,13H2,1H3. The van der Waals surface area contributed by atoms with Gasteiger partial charge in [-0.15, -0.1) is 0 Å². The Morgan fingerprint density at radius 2 is 2.13 bits per heavy atom. The summed E-state index contributed by atoms with van der Waals surface area (Å²) in [5.74, 6) is -0.364. The molecule has 1 aromatic rings. The third-order valence-electron chi connectivity index (χ3n) is 1.71. The fourth-order valence-electron chi connectivity index (χ4n) is 1.05. The van der Waals surface area contributed by atoms with Gasteiger partial charge in [-0.2, -0.15) is 8.78 Å². The van der Waals surface area contributed by atoms with Crippen LogP contribution in [0.3, 0.4) is 0 Å². The van der Waals surface area contributed by atoms with E-state index in [1.807, 2.05) is 0 Å². The number of ketones is 1. The van der Waals surface area contributed by atoms with E-state index in [9.17, 15) is 13.6 Å². The molecule has 1 aromatic carbocycles. The van der Waals surface area contributed by atoms with Gasteiger partial charge in [0.2, 0.25) is 0 Å². The SMILES string of the molecule is CC(=O)c1ccc(N)c(OC(F)F)c1I. The Kier molecular flexibility index (Phi) is 3.83. The van der Waals surface area contributed by atoms with E-state index in [0.717, 1.165) is 0 Å². The number of carbonyl (C=O) groups is 1. The second kappa shape index (κ2) is 4.73.